The average Bonchev–Trinajstić information content (AvgIpc) is 2.85. The highest BCUT2D eigenvalue weighted by atomic mass is 35.5. The Hall–Kier alpha value is -2.01. The number of ether oxygens (including phenoxy) is 2. The summed E-state index contributed by atoms with van der Waals surface area (Å²) in [4.78, 5) is 8.89. The zero-order chi connectivity index (χ0) is 15.2. The van der Waals surface area contributed by atoms with Gasteiger partial charge < -0.3 is 15.2 Å². The molecule has 2 heterocycles. The second-order valence-corrected chi connectivity index (χ2v) is 6.35. The van der Waals surface area contributed by atoms with E-state index < -0.39 is 0 Å². The summed E-state index contributed by atoms with van der Waals surface area (Å²) in [5.74, 6) is 2.11. The van der Waals surface area contributed by atoms with E-state index in [2.05, 4.69) is 30.7 Å². The number of hydrogen-bond acceptors (Lipinski definition) is 5. The molecule has 0 saturated heterocycles. The van der Waals surface area contributed by atoms with E-state index in [9.17, 15) is 0 Å². The second kappa shape index (κ2) is 4.77. The number of anilines is 1. The fourth-order valence-electron chi connectivity index (χ4n) is 2.08. The number of halogens is 1. The normalized spacial score (nSPS) is 13.5. The third-order valence-electron chi connectivity index (χ3n) is 3.20. The Morgan fingerprint density at radius 3 is 2.62 bits per heavy atom. The molecular formula is C15H16ClN3O2. The van der Waals surface area contributed by atoms with Crippen LogP contribution in [0.15, 0.2) is 18.2 Å². The molecule has 1 aliphatic heterocycles. The van der Waals surface area contributed by atoms with Crippen molar-refractivity contribution in [3.05, 3.63) is 28.9 Å². The van der Waals surface area contributed by atoms with Crippen LogP contribution in [0.3, 0.4) is 0 Å². The monoisotopic (exact) mass is 305 g/mol. The molecule has 1 aromatic carbocycles. The summed E-state index contributed by atoms with van der Waals surface area (Å²) in [7, 11) is 0. The zero-order valence-electron chi connectivity index (χ0n) is 12.1. The first-order valence-electron chi connectivity index (χ1n) is 6.59. The summed E-state index contributed by atoms with van der Waals surface area (Å²) in [6.07, 6.45) is 0. The summed E-state index contributed by atoms with van der Waals surface area (Å²) in [5, 5.41) is 0.475. The molecule has 2 aromatic rings. The molecule has 0 spiro atoms. The highest BCUT2D eigenvalue weighted by Gasteiger charge is 2.22. The fourth-order valence-corrected chi connectivity index (χ4v) is 2.34. The van der Waals surface area contributed by atoms with Crippen molar-refractivity contribution in [2.24, 2.45) is 0 Å². The minimum atomic E-state index is -0.119. The molecule has 2 N–H and O–H groups in total. The number of benzene rings is 1. The number of hydrogen-bond donors (Lipinski definition) is 1. The Bertz CT molecular complexity index is 711. The molecule has 0 radical (unpaired) electrons. The summed E-state index contributed by atoms with van der Waals surface area (Å²) in [5.41, 5.74) is 7.41. The highest BCUT2D eigenvalue weighted by molar-refractivity contribution is 6.32. The molecule has 0 amide bonds. The minimum Gasteiger partial charge on any atom is -0.454 e. The van der Waals surface area contributed by atoms with E-state index in [0.717, 1.165) is 11.3 Å². The van der Waals surface area contributed by atoms with E-state index in [1.165, 1.54) is 0 Å². The quantitative estimate of drug-likeness (QED) is 0.874. The van der Waals surface area contributed by atoms with E-state index >= 15 is 0 Å². The third-order valence-corrected chi connectivity index (χ3v) is 3.48. The van der Waals surface area contributed by atoms with Crippen molar-refractivity contribution >= 4 is 17.4 Å². The lowest BCUT2D eigenvalue weighted by molar-refractivity contribution is 0.174. The Labute approximate surface area is 128 Å². The Morgan fingerprint density at radius 1 is 1.14 bits per heavy atom. The summed E-state index contributed by atoms with van der Waals surface area (Å²) >= 11 is 6.20. The average molecular weight is 306 g/mol. The van der Waals surface area contributed by atoms with Gasteiger partial charge in [-0.05, 0) is 12.1 Å². The lowest BCUT2D eigenvalue weighted by Crippen LogP contribution is -2.15. The predicted octanol–water partition coefficient (Wildman–Crippen LogP) is 3.41. The van der Waals surface area contributed by atoms with Gasteiger partial charge in [0.2, 0.25) is 6.79 Å². The largest absolute Gasteiger partial charge is 0.454 e. The van der Waals surface area contributed by atoms with Crippen molar-refractivity contribution in [3.63, 3.8) is 0 Å². The lowest BCUT2D eigenvalue weighted by atomic mass is 9.92. The number of nitrogen functional groups attached to an aromatic ring is 1. The molecule has 1 aromatic heterocycles. The van der Waals surface area contributed by atoms with Crippen LogP contribution in [0.2, 0.25) is 5.02 Å². The van der Waals surface area contributed by atoms with Crippen LogP contribution in [0.25, 0.3) is 11.4 Å². The van der Waals surface area contributed by atoms with Crippen LogP contribution in [0.4, 0.5) is 5.82 Å². The summed E-state index contributed by atoms with van der Waals surface area (Å²) in [6.45, 7) is 6.39. The minimum absolute atomic E-state index is 0.119. The van der Waals surface area contributed by atoms with Crippen molar-refractivity contribution < 1.29 is 9.47 Å². The number of fused-ring (bicyclic) bond motifs is 1. The van der Waals surface area contributed by atoms with Gasteiger partial charge in [-0.3, -0.25) is 0 Å². The van der Waals surface area contributed by atoms with Crippen LogP contribution in [-0.2, 0) is 5.41 Å². The Kier molecular flexibility index (Phi) is 3.17. The van der Waals surface area contributed by atoms with Gasteiger partial charge in [-0.25, -0.2) is 9.97 Å². The standard InChI is InChI=1S/C15H16ClN3O2/c1-15(2,3)11-6-12(17)19-14(18-11)8-4-9(16)13-10(5-8)20-7-21-13/h4-6H,7H2,1-3H3,(H2,17,18,19). The molecule has 3 rings (SSSR count). The molecule has 110 valence electrons. The maximum absolute atomic E-state index is 6.20. The van der Waals surface area contributed by atoms with Crippen LogP contribution in [0, 0.1) is 0 Å². The van der Waals surface area contributed by atoms with Crippen LogP contribution in [0.5, 0.6) is 11.5 Å². The number of rotatable bonds is 1. The molecule has 0 unspecified atom stereocenters. The van der Waals surface area contributed by atoms with E-state index in [4.69, 9.17) is 26.8 Å². The van der Waals surface area contributed by atoms with Gasteiger partial charge in [0, 0.05) is 17.0 Å². The van der Waals surface area contributed by atoms with E-state index in [-0.39, 0.29) is 12.2 Å². The maximum atomic E-state index is 6.20. The lowest BCUT2D eigenvalue weighted by Gasteiger charge is -2.18. The molecule has 0 atom stereocenters. The first-order valence-corrected chi connectivity index (χ1v) is 6.97. The topological polar surface area (TPSA) is 70.3 Å². The van der Waals surface area contributed by atoms with E-state index in [0.29, 0.717) is 28.2 Å². The first kappa shape index (κ1) is 13.9. The molecular weight excluding hydrogens is 290 g/mol. The van der Waals surface area contributed by atoms with Gasteiger partial charge in [-0.15, -0.1) is 0 Å². The van der Waals surface area contributed by atoms with Gasteiger partial charge in [-0.2, -0.15) is 0 Å². The first-order chi connectivity index (χ1) is 9.84. The highest BCUT2D eigenvalue weighted by Crippen LogP contribution is 2.42. The number of nitrogens with two attached hydrogens (primary N) is 1. The molecule has 6 heteroatoms. The molecule has 5 nitrogen and oxygen atoms in total. The Morgan fingerprint density at radius 2 is 1.90 bits per heavy atom. The van der Waals surface area contributed by atoms with Crippen molar-refractivity contribution in [1.29, 1.82) is 0 Å². The third kappa shape index (κ3) is 2.61. The smallest absolute Gasteiger partial charge is 0.231 e. The van der Waals surface area contributed by atoms with Gasteiger partial charge in [-0.1, -0.05) is 32.4 Å². The van der Waals surface area contributed by atoms with Gasteiger partial charge >= 0.3 is 0 Å². The molecule has 1 aliphatic rings. The van der Waals surface area contributed by atoms with Crippen LogP contribution >= 0.6 is 11.6 Å². The van der Waals surface area contributed by atoms with Gasteiger partial charge in [0.25, 0.3) is 0 Å². The van der Waals surface area contributed by atoms with Gasteiger partial charge in [0.05, 0.1) is 10.7 Å². The summed E-state index contributed by atoms with van der Waals surface area (Å²) < 4.78 is 10.7. The van der Waals surface area contributed by atoms with Gasteiger partial charge in [0.1, 0.15) is 5.82 Å². The SMILES string of the molecule is CC(C)(C)c1cc(N)nc(-c2cc(Cl)c3c(c2)OCO3)n1. The van der Waals surface area contributed by atoms with E-state index in [1.54, 1.807) is 12.1 Å². The molecule has 0 fully saturated rings. The van der Waals surface area contributed by atoms with Crippen LogP contribution in [-0.4, -0.2) is 16.8 Å². The molecule has 0 saturated carbocycles. The van der Waals surface area contributed by atoms with E-state index in [1.807, 2.05) is 6.07 Å². The van der Waals surface area contributed by atoms with Gasteiger partial charge in [0.15, 0.2) is 17.3 Å². The van der Waals surface area contributed by atoms with Crippen molar-refractivity contribution in [2.75, 3.05) is 12.5 Å². The van der Waals surface area contributed by atoms with Crippen LogP contribution in [0.1, 0.15) is 26.5 Å². The number of aromatic nitrogens is 2. The summed E-state index contributed by atoms with van der Waals surface area (Å²) in [6, 6.07) is 5.36. The fraction of sp³-hybridized carbons (Fsp3) is 0.333. The molecule has 0 bridgehead atoms. The Balaban J connectivity index is 2.13. The van der Waals surface area contributed by atoms with Crippen LogP contribution < -0.4 is 15.2 Å². The molecule has 21 heavy (non-hydrogen) atoms. The molecule has 0 aliphatic carbocycles. The maximum Gasteiger partial charge on any atom is 0.231 e. The van der Waals surface area contributed by atoms with Crippen molar-refractivity contribution in [2.45, 2.75) is 26.2 Å². The number of nitrogens with zero attached hydrogens (tertiary/aromatic N) is 2. The predicted molar refractivity (Wildman–Crippen MR) is 81.7 cm³/mol. The second-order valence-electron chi connectivity index (χ2n) is 5.94. The zero-order valence-corrected chi connectivity index (χ0v) is 12.9. The van der Waals surface area contributed by atoms with Crippen molar-refractivity contribution in [1.82, 2.24) is 9.97 Å². The van der Waals surface area contributed by atoms with Crippen molar-refractivity contribution in [3.8, 4) is 22.9 Å².